The molecule has 0 aromatic heterocycles. The Hall–Kier alpha value is -3.50. The lowest BCUT2D eigenvalue weighted by Crippen LogP contribution is -2.73. The van der Waals surface area contributed by atoms with E-state index >= 15 is 0 Å². The van der Waals surface area contributed by atoms with Crippen LogP contribution in [0, 0.1) is 17.8 Å². The molecule has 36 heavy (non-hydrogen) atoms. The van der Waals surface area contributed by atoms with E-state index in [1.54, 1.807) is 28.0 Å². The average molecular weight is 487 g/mol. The van der Waals surface area contributed by atoms with E-state index in [4.69, 9.17) is 9.47 Å². The maximum Gasteiger partial charge on any atom is 0.254 e. The molecular weight excluding hydrogens is 456 g/mol. The summed E-state index contributed by atoms with van der Waals surface area (Å²) < 4.78 is 10.7. The zero-order valence-electron chi connectivity index (χ0n) is 20.2. The quantitative estimate of drug-likeness (QED) is 0.672. The van der Waals surface area contributed by atoms with Crippen LogP contribution in [0.5, 0.6) is 11.5 Å². The van der Waals surface area contributed by atoms with Crippen molar-refractivity contribution in [2.45, 2.75) is 50.1 Å². The van der Waals surface area contributed by atoms with E-state index in [9.17, 15) is 14.7 Å². The van der Waals surface area contributed by atoms with Gasteiger partial charge in [0.2, 0.25) is 12.7 Å². The van der Waals surface area contributed by atoms with Crippen molar-refractivity contribution in [3.8, 4) is 23.3 Å². The van der Waals surface area contributed by atoms with Crippen LogP contribution in [0.15, 0.2) is 42.5 Å². The molecule has 2 aromatic carbocycles. The van der Waals surface area contributed by atoms with Crippen molar-refractivity contribution >= 4 is 11.8 Å². The maximum atomic E-state index is 13.3. The third kappa shape index (κ3) is 4.10. The Kier molecular flexibility index (Phi) is 6.06. The highest BCUT2D eigenvalue weighted by Gasteiger charge is 2.54. The normalized spacial score (nSPS) is 24.7. The Morgan fingerprint density at radius 3 is 2.61 bits per heavy atom. The van der Waals surface area contributed by atoms with E-state index in [1.807, 2.05) is 24.3 Å². The van der Waals surface area contributed by atoms with Gasteiger partial charge in [-0.2, -0.15) is 0 Å². The number of ether oxygens (including phenoxy) is 2. The topological polar surface area (TPSA) is 79.3 Å². The van der Waals surface area contributed by atoms with Crippen LogP contribution >= 0.6 is 0 Å². The van der Waals surface area contributed by atoms with Crippen LogP contribution in [0.1, 0.15) is 59.5 Å². The fourth-order valence-corrected chi connectivity index (χ4v) is 6.17. The number of hydrogen-bond donors (Lipinski definition) is 1. The van der Waals surface area contributed by atoms with Crippen LogP contribution in [0.4, 0.5) is 0 Å². The van der Waals surface area contributed by atoms with E-state index in [1.165, 1.54) is 25.7 Å². The summed E-state index contributed by atoms with van der Waals surface area (Å²) in [5.74, 6) is 8.14. The predicted octanol–water partition coefficient (Wildman–Crippen LogP) is 3.16. The van der Waals surface area contributed by atoms with Gasteiger partial charge in [0.1, 0.15) is 6.54 Å². The highest BCUT2D eigenvalue weighted by atomic mass is 16.7. The standard InChI is InChI=1S/C29H30N2O5/c32-17-24-28(21-10-8-20(9-11-21)7-3-6-19-4-1-2-5-19)23-15-30(16-27(33)31(23)24)29(34)22-12-13-25-26(14-22)36-18-35-25/h8-14,19,23-24,28,32H,1-2,4-6,15-18H2/t23-,24+,28-/m0/s1. The van der Waals surface area contributed by atoms with Crippen LogP contribution in [0.2, 0.25) is 0 Å². The highest BCUT2D eigenvalue weighted by Crippen LogP contribution is 2.43. The minimum Gasteiger partial charge on any atom is -0.454 e. The summed E-state index contributed by atoms with van der Waals surface area (Å²) in [6.07, 6.45) is 6.21. The van der Waals surface area contributed by atoms with Gasteiger partial charge < -0.3 is 24.4 Å². The van der Waals surface area contributed by atoms with Gasteiger partial charge in [0.25, 0.3) is 5.91 Å². The number of carbonyl (C=O) groups excluding carboxylic acids is 2. The molecule has 6 rings (SSSR count). The summed E-state index contributed by atoms with van der Waals surface area (Å²) in [6, 6.07) is 12.8. The first-order valence-electron chi connectivity index (χ1n) is 12.8. The number of aliphatic hydroxyl groups excluding tert-OH is 1. The smallest absolute Gasteiger partial charge is 0.254 e. The zero-order valence-corrected chi connectivity index (χ0v) is 20.2. The molecule has 0 bridgehead atoms. The number of carbonyl (C=O) groups is 2. The first-order valence-corrected chi connectivity index (χ1v) is 12.8. The van der Waals surface area contributed by atoms with E-state index in [-0.39, 0.29) is 49.8 Å². The summed E-state index contributed by atoms with van der Waals surface area (Å²) in [5.41, 5.74) is 2.50. The number of nitrogens with zero attached hydrogens (tertiary/aromatic N) is 2. The van der Waals surface area contributed by atoms with Gasteiger partial charge in [-0.25, -0.2) is 0 Å². The molecule has 2 saturated heterocycles. The molecule has 0 spiro atoms. The Bertz CT molecular complexity index is 1220. The Balaban J connectivity index is 1.17. The Labute approximate surface area is 211 Å². The van der Waals surface area contributed by atoms with Crippen molar-refractivity contribution in [2.24, 2.45) is 5.92 Å². The second-order valence-electron chi connectivity index (χ2n) is 10.2. The highest BCUT2D eigenvalue weighted by molar-refractivity contribution is 5.98. The largest absolute Gasteiger partial charge is 0.454 e. The van der Waals surface area contributed by atoms with E-state index < -0.39 is 0 Å². The molecule has 1 saturated carbocycles. The van der Waals surface area contributed by atoms with Crippen LogP contribution in [0.3, 0.4) is 0 Å². The second kappa shape index (κ2) is 9.51. The van der Waals surface area contributed by atoms with Crippen molar-refractivity contribution in [2.75, 3.05) is 26.5 Å². The minimum atomic E-state index is -0.274. The van der Waals surface area contributed by atoms with Gasteiger partial charge in [0.05, 0.1) is 18.7 Å². The lowest BCUT2D eigenvalue weighted by atomic mass is 9.73. The monoisotopic (exact) mass is 486 g/mol. The van der Waals surface area contributed by atoms with Gasteiger partial charge in [0.15, 0.2) is 11.5 Å². The van der Waals surface area contributed by atoms with Crippen molar-refractivity contribution < 1.29 is 24.2 Å². The summed E-state index contributed by atoms with van der Waals surface area (Å²) >= 11 is 0. The SMILES string of the molecule is O=C(c1ccc2c(c1)OCO2)N1CC(=O)N2[C@H](CO)[C@@H](c3ccc(C#CCC4CCCC4)cc3)[C@@H]2C1. The predicted molar refractivity (Wildman–Crippen MR) is 133 cm³/mol. The number of rotatable bonds is 4. The molecule has 3 fully saturated rings. The fourth-order valence-electron chi connectivity index (χ4n) is 6.17. The van der Waals surface area contributed by atoms with Crippen molar-refractivity contribution in [1.82, 2.24) is 9.80 Å². The van der Waals surface area contributed by atoms with Crippen LogP contribution in [0.25, 0.3) is 0 Å². The number of aliphatic hydroxyl groups is 1. The van der Waals surface area contributed by atoms with Crippen LogP contribution < -0.4 is 9.47 Å². The van der Waals surface area contributed by atoms with E-state index in [0.717, 1.165) is 23.5 Å². The Morgan fingerprint density at radius 2 is 1.83 bits per heavy atom. The molecule has 2 aromatic rings. The summed E-state index contributed by atoms with van der Waals surface area (Å²) in [5, 5.41) is 10.1. The molecule has 1 aliphatic carbocycles. The molecule has 4 aliphatic rings. The lowest BCUT2D eigenvalue weighted by Gasteiger charge is -2.58. The molecule has 3 heterocycles. The summed E-state index contributed by atoms with van der Waals surface area (Å²) in [6.45, 7) is 0.457. The number of amides is 2. The molecule has 7 nitrogen and oxygen atoms in total. The molecule has 7 heteroatoms. The minimum absolute atomic E-state index is 0.00250. The van der Waals surface area contributed by atoms with Crippen molar-refractivity contribution in [3.05, 3.63) is 59.2 Å². The van der Waals surface area contributed by atoms with Gasteiger partial charge in [0, 0.05) is 30.0 Å². The van der Waals surface area contributed by atoms with E-state index in [0.29, 0.717) is 23.6 Å². The average Bonchev–Trinajstić information content (AvgIpc) is 3.57. The number of benzene rings is 2. The van der Waals surface area contributed by atoms with Crippen LogP contribution in [-0.4, -0.2) is 65.3 Å². The van der Waals surface area contributed by atoms with E-state index in [2.05, 4.69) is 11.8 Å². The third-order valence-electron chi connectivity index (χ3n) is 8.05. The first-order chi connectivity index (χ1) is 17.6. The Morgan fingerprint density at radius 1 is 1.06 bits per heavy atom. The third-order valence-corrected chi connectivity index (χ3v) is 8.05. The number of fused-ring (bicyclic) bond motifs is 2. The zero-order chi connectivity index (χ0) is 24.6. The lowest BCUT2D eigenvalue weighted by molar-refractivity contribution is -0.159. The molecule has 3 atom stereocenters. The van der Waals surface area contributed by atoms with Gasteiger partial charge in [-0.05, 0) is 54.7 Å². The van der Waals surface area contributed by atoms with Gasteiger partial charge in [-0.15, -0.1) is 0 Å². The van der Waals surface area contributed by atoms with Crippen molar-refractivity contribution in [3.63, 3.8) is 0 Å². The summed E-state index contributed by atoms with van der Waals surface area (Å²) in [4.78, 5) is 29.6. The molecule has 2 amide bonds. The molecular formula is C29H30N2O5. The number of hydrogen-bond acceptors (Lipinski definition) is 5. The first kappa shape index (κ1) is 22.9. The number of piperazine rings is 1. The fraction of sp³-hybridized carbons (Fsp3) is 0.448. The second-order valence-corrected chi connectivity index (χ2v) is 10.2. The van der Waals surface area contributed by atoms with Gasteiger partial charge in [-0.3, -0.25) is 9.59 Å². The van der Waals surface area contributed by atoms with Gasteiger partial charge in [-0.1, -0.05) is 36.8 Å². The van der Waals surface area contributed by atoms with Crippen LogP contribution in [-0.2, 0) is 4.79 Å². The molecule has 186 valence electrons. The molecule has 0 unspecified atom stereocenters. The molecule has 1 N–H and O–H groups in total. The summed E-state index contributed by atoms with van der Waals surface area (Å²) in [7, 11) is 0. The van der Waals surface area contributed by atoms with Crippen molar-refractivity contribution in [1.29, 1.82) is 0 Å². The molecule has 0 radical (unpaired) electrons. The van der Waals surface area contributed by atoms with Gasteiger partial charge >= 0.3 is 0 Å². The maximum absolute atomic E-state index is 13.3. The molecule has 3 aliphatic heterocycles.